The van der Waals surface area contributed by atoms with Crippen LogP contribution >= 0.6 is 0 Å². The molecule has 3 saturated carbocycles. The highest BCUT2D eigenvalue weighted by atomic mass is 32.2. The highest BCUT2D eigenvalue weighted by molar-refractivity contribution is 7.92. The molecule has 1 aromatic carbocycles. The smallest absolute Gasteiger partial charge is 0.311 e. The Morgan fingerprint density at radius 2 is 1.71 bits per heavy atom. The molecule has 2 bridgehead atoms. The van der Waals surface area contributed by atoms with Crippen molar-refractivity contribution in [2.75, 3.05) is 23.3 Å². The Morgan fingerprint density at radius 3 is 2.39 bits per heavy atom. The minimum absolute atomic E-state index is 0.00285. The third kappa shape index (κ3) is 4.71. The molecule has 12 heteroatoms. The van der Waals surface area contributed by atoms with Gasteiger partial charge in [0.2, 0.25) is 0 Å². The van der Waals surface area contributed by atoms with Crippen LogP contribution in [0.1, 0.15) is 48.4 Å². The van der Waals surface area contributed by atoms with Crippen LogP contribution in [0.4, 0.5) is 24.8 Å². The van der Waals surface area contributed by atoms with Gasteiger partial charge in [-0.3, -0.25) is 4.79 Å². The van der Waals surface area contributed by atoms with Gasteiger partial charge < -0.3 is 10.1 Å². The molecule has 4 aliphatic rings. The summed E-state index contributed by atoms with van der Waals surface area (Å²) in [7, 11) is -2.83. The van der Waals surface area contributed by atoms with Crippen LogP contribution in [0.2, 0.25) is 0 Å². The van der Waals surface area contributed by atoms with E-state index in [1.54, 1.807) is 12.1 Å². The van der Waals surface area contributed by atoms with E-state index in [4.69, 9.17) is 4.74 Å². The first-order valence-electron chi connectivity index (χ1n) is 13.5. The molecule has 3 fully saturated rings. The molecule has 2 unspecified atom stereocenters. The van der Waals surface area contributed by atoms with E-state index in [2.05, 4.69) is 15.3 Å². The molecule has 216 valence electrons. The zero-order valence-corrected chi connectivity index (χ0v) is 23.3. The van der Waals surface area contributed by atoms with Crippen molar-refractivity contribution in [2.24, 2.45) is 17.8 Å². The van der Waals surface area contributed by atoms with E-state index in [1.807, 2.05) is 6.92 Å². The van der Waals surface area contributed by atoms with Crippen molar-refractivity contribution >= 4 is 27.6 Å². The van der Waals surface area contributed by atoms with Crippen molar-refractivity contribution in [3.63, 3.8) is 0 Å². The second kappa shape index (κ2) is 10.3. The van der Waals surface area contributed by atoms with Crippen molar-refractivity contribution in [2.45, 2.75) is 49.5 Å². The highest BCUT2D eigenvalue weighted by Crippen LogP contribution is 2.47. The lowest BCUT2D eigenvalue weighted by Gasteiger charge is -2.47. The normalized spacial score (nSPS) is 25.2. The summed E-state index contributed by atoms with van der Waals surface area (Å²) in [6, 6.07) is 7.54. The van der Waals surface area contributed by atoms with Crippen LogP contribution in [0, 0.1) is 42.1 Å². The van der Waals surface area contributed by atoms with Crippen LogP contribution in [0.3, 0.4) is 0 Å². The van der Waals surface area contributed by atoms with Gasteiger partial charge in [0.05, 0.1) is 35.7 Å². The average molecular weight is 587 g/mol. The average Bonchev–Trinajstić information content (AvgIpc) is 3.34. The summed E-state index contributed by atoms with van der Waals surface area (Å²) in [4.78, 5) is 21.0. The fraction of sp³-hybridized carbons (Fsp3) is 0.414. The number of fused-ring (bicyclic) bond motifs is 4. The lowest BCUT2D eigenvalue weighted by molar-refractivity contribution is -0.152. The Kier molecular flexibility index (Phi) is 6.91. The Balaban J connectivity index is 1.38. The van der Waals surface area contributed by atoms with E-state index in [9.17, 15) is 17.6 Å². The molecule has 1 N–H and O–H groups in total. The number of aromatic nitrogens is 2. The fourth-order valence-electron chi connectivity index (χ4n) is 6.66. The molecule has 1 aliphatic heterocycles. The van der Waals surface area contributed by atoms with Gasteiger partial charge in [-0.15, -0.1) is 0 Å². The van der Waals surface area contributed by atoms with Gasteiger partial charge in [-0.2, -0.15) is 0 Å². The Bertz CT molecular complexity index is 1610. The maximum absolute atomic E-state index is 15.4. The number of hydrogen-bond donors (Lipinski definition) is 1. The molecule has 2 aromatic heterocycles. The Labute approximate surface area is 236 Å². The maximum atomic E-state index is 15.4. The standard InChI is InChI=1S/C29H29F3N4O4S/c1-15-3-9-19(10-4-15)41(38,39)36-14-21(20-11-18(30)13-33-28(20)36)26-22(31)12-23(32)27(35-26)34-25-17-7-5-16(6-8-17)24(25)29(37)40-2/h3-4,9-13,16-17,21,24-25H,5-8,14H2,1-2H3,(H,34,35)/t16?,17?,21?,24-,25?/m0/s1. The van der Waals surface area contributed by atoms with Crippen LogP contribution in [0.15, 0.2) is 47.5 Å². The lowest BCUT2D eigenvalue weighted by Crippen LogP contribution is -2.52. The van der Waals surface area contributed by atoms with Crippen molar-refractivity contribution in [1.82, 2.24) is 9.97 Å². The maximum Gasteiger partial charge on any atom is 0.311 e. The second-order valence-electron chi connectivity index (χ2n) is 11.0. The van der Waals surface area contributed by atoms with Crippen molar-refractivity contribution in [1.29, 1.82) is 0 Å². The molecule has 41 heavy (non-hydrogen) atoms. The summed E-state index contributed by atoms with van der Waals surface area (Å²) in [5.74, 6) is -4.76. The van der Waals surface area contributed by atoms with Crippen molar-refractivity contribution in [3.05, 3.63) is 76.9 Å². The van der Waals surface area contributed by atoms with Crippen LogP contribution < -0.4 is 9.62 Å². The first-order valence-corrected chi connectivity index (χ1v) is 15.0. The van der Waals surface area contributed by atoms with Gasteiger partial charge in [0.15, 0.2) is 11.6 Å². The second-order valence-corrected chi connectivity index (χ2v) is 12.9. The summed E-state index contributed by atoms with van der Waals surface area (Å²) in [6.45, 7) is 1.51. The predicted octanol–water partition coefficient (Wildman–Crippen LogP) is 4.93. The summed E-state index contributed by atoms with van der Waals surface area (Å²) < 4.78 is 78.1. The number of carbonyl (C=O) groups excluding carboxylic acids is 1. The number of sulfonamides is 1. The van der Waals surface area contributed by atoms with E-state index in [0.717, 1.165) is 47.8 Å². The number of carbonyl (C=O) groups is 1. The fourth-order valence-corrected chi connectivity index (χ4v) is 8.12. The number of hydrogen-bond acceptors (Lipinski definition) is 7. The van der Waals surface area contributed by atoms with Crippen LogP contribution in [-0.2, 0) is 19.6 Å². The summed E-state index contributed by atoms with van der Waals surface area (Å²) in [5.41, 5.74) is 0.732. The molecule has 7 rings (SSSR count). The highest BCUT2D eigenvalue weighted by Gasteiger charge is 2.48. The quantitative estimate of drug-likeness (QED) is 0.409. The number of methoxy groups -OCH3 is 1. The van der Waals surface area contributed by atoms with Crippen LogP contribution in [-0.4, -0.2) is 44.1 Å². The number of rotatable bonds is 6. The van der Waals surface area contributed by atoms with Crippen LogP contribution in [0.5, 0.6) is 0 Å². The third-order valence-corrected chi connectivity index (χ3v) is 10.5. The molecule has 0 saturated heterocycles. The van der Waals surface area contributed by atoms with Gasteiger partial charge >= 0.3 is 5.97 Å². The predicted molar refractivity (Wildman–Crippen MR) is 144 cm³/mol. The molecular weight excluding hydrogens is 557 g/mol. The first-order chi connectivity index (χ1) is 19.6. The van der Waals surface area contributed by atoms with E-state index in [-0.39, 0.29) is 52.1 Å². The zero-order chi connectivity index (χ0) is 29.1. The minimum atomic E-state index is -4.14. The number of benzene rings is 1. The molecule has 8 nitrogen and oxygen atoms in total. The van der Waals surface area contributed by atoms with Gasteiger partial charge in [-0.05, 0) is 62.6 Å². The Hall–Kier alpha value is -3.67. The molecule has 0 amide bonds. The van der Waals surface area contributed by atoms with Crippen molar-refractivity contribution in [3.8, 4) is 0 Å². The van der Waals surface area contributed by atoms with Crippen LogP contribution in [0.25, 0.3) is 0 Å². The van der Waals surface area contributed by atoms with Gasteiger partial charge in [-0.25, -0.2) is 35.9 Å². The first kappa shape index (κ1) is 27.5. The third-order valence-electron chi connectivity index (χ3n) is 8.71. The number of aryl methyl sites for hydroxylation is 1. The molecule has 3 aromatic rings. The zero-order valence-electron chi connectivity index (χ0n) is 22.5. The number of esters is 1. The summed E-state index contributed by atoms with van der Waals surface area (Å²) in [5, 5.41) is 3.07. The van der Waals surface area contributed by atoms with E-state index >= 15 is 8.78 Å². The Morgan fingerprint density at radius 1 is 1.02 bits per heavy atom. The minimum Gasteiger partial charge on any atom is -0.469 e. The van der Waals surface area contributed by atoms with Gasteiger partial charge in [-0.1, -0.05) is 17.7 Å². The monoisotopic (exact) mass is 586 g/mol. The molecule has 0 radical (unpaired) electrons. The largest absolute Gasteiger partial charge is 0.469 e. The van der Waals surface area contributed by atoms with E-state index in [1.165, 1.54) is 19.2 Å². The van der Waals surface area contributed by atoms with E-state index in [0.29, 0.717) is 6.07 Å². The lowest BCUT2D eigenvalue weighted by atomic mass is 9.61. The molecule has 3 heterocycles. The topological polar surface area (TPSA) is 101 Å². The number of nitrogens with zero attached hydrogens (tertiary/aromatic N) is 3. The summed E-state index contributed by atoms with van der Waals surface area (Å²) in [6.07, 6.45) is 4.35. The van der Waals surface area contributed by atoms with Crippen molar-refractivity contribution < 1.29 is 31.1 Å². The number of anilines is 2. The van der Waals surface area contributed by atoms with Gasteiger partial charge in [0.1, 0.15) is 17.5 Å². The SMILES string of the molecule is COC(=O)[C@H]1C2CCC(CC2)C1Nc1nc(C2CN(S(=O)(=O)c3ccc(C)cc3)c3ncc(F)cc32)c(F)cc1F. The number of pyridine rings is 2. The molecule has 3 aliphatic carbocycles. The number of nitrogens with one attached hydrogen (secondary N) is 1. The number of halogens is 3. The molecule has 0 spiro atoms. The summed E-state index contributed by atoms with van der Waals surface area (Å²) >= 11 is 0. The van der Waals surface area contributed by atoms with Gasteiger partial charge in [0, 0.05) is 24.2 Å². The van der Waals surface area contributed by atoms with E-state index < -0.39 is 45.4 Å². The molecule has 3 atom stereocenters. The molecular formula is C29H29F3N4O4S. The number of ether oxygens (including phenoxy) is 1. The van der Waals surface area contributed by atoms with Gasteiger partial charge in [0.25, 0.3) is 10.0 Å².